The molecule has 2 N–H and O–H groups in total. The number of aryl methyl sites for hydroxylation is 2. The van der Waals surface area contributed by atoms with Crippen molar-refractivity contribution in [3.8, 4) is 0 Å². The third-order valence-corrected chi connectivity index (χ3v) is 5.56. The van der Waals surface area contributed by atoms with E-state index in [1.807, 2.05) is 32.0 Å². The summed E-state index contributed by atoms with van der Waals surface area (Å²) in [6.07, 6.45) is 1.85. The summed E-state index contributed by atoms with van der Waals surface area (Å²) in [5.74, 6) is -1.15. The van der Waals surface area contributed by atoms with Crippen molar-refractivity contribution in [3.05, 3.63) is 34.9 Å². The summed E-state index contributed by atoms with van der Waals surface area (Å²) in [4.78, 5) is 52.3. The fourth-order valence-corrected chi connectivity index (χ4v) is 4.00. The summed E-state index contributed by atoms with van der Waals surface area (Å²) < 4.78 is 10.2. The van der Waals surface area contributed by atoms with E-state index in [-0.39, 0.29) is 44.0 Å². The van der Waals surface area contributed by atoms with Crippen LogP contribution >= 0.6 is 0 Å². The Morgan fingerprint density at radius 3 is 2.20 bits per heavy atom. The maximum atomic E-state index is 13.5. The first-order valence-corrected chi connectivity index (χ1v) is 12.2. The third kappa shape index (κ3) is 8.88. The molecule has 1 aromatic carbocycles. The quantitative estimate of drug-likeness (QED) is 0.488. The molecule has 35 heavy (non-hydrogen) atoms. The number of esters is 1. The molecule has 1 unspecified atom stereocenters. The molecule has 0 bridgehead atoms. The minimum Gasteiger partial charge on any atom is -0.466 e. The number of benzene rings is 1. The van der Waals surface area contributed by atoms with Crippen LogP contribution in [0, 0.1) is 13.8 Å². The van der Waals surface area contributed by atoms with Crippen LogP contribution in [0.3, 0.4) is 0 Å². The second kappa shape index (κ2) is 12.6. The molecule has 194 valence electrons. The molecule has 1 aliphatic carbocycles. The van der Waals surface area contributed by atoms with E-state index in [1.54, 1.807) is 32.6 Å². The highest BCUT2D eigenvalue weighted by atomic mass is 16.6. The van der Waals surface area contributed by atoms with Crippen molar-refractivity contribution in [1.29, 1.82) is 0 Å². The lowest BCUT2D eigenvalue weighted by molar-refractivity contribution is -0.146. The van der Waals surface area contributed by atoms with Crippen molar-refractivity contribution < 1.29 is 28.7 Å². The summed E-state index contributed by atoms with van der Waals surface area (Å²) in [6, 6.07) is 4.77. The van der Waals surface area contributed by atoms with Gasteiger partial charge in [0, 0.05) is 12.6 Å². The van der Waals surface area contributed by atoms with Crippen LogP contribution in [0.4, 0.5) is 4.79 Å². The summed E-state index contributed by atoms with van der Waals surface area (Å²) in [5, 5.41) is 5.32. The first kappa shape index (κ1) is 28.1. The van der Waals surface area contributed by atoms with Crippen LogP contribution in [0.2, 0.25) is 0 Å². The van der Waals surface area contributed by atoms with E-state index >= 15 is 0 Å². The Morgan fingerprint density at radius 2 is 1.69 bits per heavy atom. The second-order valence-corrected chi connectivity index (χ2v) is 9.91. The number of hydrogen-bond donors (Lipinski definition) is 2. The lowest BCUT2D eigenvalue weighted by atomic mass is 9.88. The van der Waals surface area contributed by atoms with Crippen LogP contribution in [-0.2, 0) is 23.9 Å². The number of alkyl carbamates (subject to hydrolysis) is 1. The summed E-state index contributed by atoms with van der Waals surface area (Å²) in [7, 11) is 0. The monoisotopic (exact) mass is 489 g/mol. The predicted octanol–water partition coefficient (Wildman–Crippen LogP) is 3.32. The van der Waals surface area contributed by atoms with E-state index in [0.717, 1.165) is 30.4 Å². The standard InChI is InChI=1S/C26H39N3O6/c1-7-34-22(31)11-12-27-24(32)23(19-14-17(2)13-18(3)15-19)29(20-9-8-10-20)21(30)16-28-25(33)35-26(4,5)6/h13-15,20,23H,7-12,16H2,1-6H3,(H,27,32)(H,28,33). The molecule has 1 atom stereocenters. The fourth-order valence-electron chi connectivity index (χ4n) is 4.00. The van der Waals surface area contributed by atoms with Gasteiger partial charge >= 0.3 is 12.1 Å². The van der Waals surface area contributed by atoms with Crippen LogP contribution in [0.1, 0.15) is 76.1 Å². The summed E-state index contributed by atoms with van der Waals surface area (Å²) >= 11 is 0. The number of carbonyl (C=O) groups is 4. The third-order valence-electron chi connectivity index (χ3n) is 5.56. The molecule has 0 aromatic heterocycles. The Hall–Kier alpha value is -3.10. The van der Waals surface area contributed by atoms with Crippen molar-refractivity contribution in [2.24, 2.45) is 0 Å². The lowest BCUT2D eigenvalue weighted by Gasteiger charge is -2.42. The van der Waals surface area contributed by atoms with Gasteiger partial charge in [-0.15, -0.1) is 0 Å². The highest BCUT2D eigenvalue weighted by Gasteiger charge is 2.39. The smallest absolute Gasteiger partial charge is 0.408 e. The van der Waals surface area contributed by atoms with E-state index in [9.17, 15) is 19.2 Å². The minimum absolute atomic E-state index is 0.0384. The molecule has 0 heterocycles. The highest BCUT2D eigenvalue weighted by Crippen LogP contribution is 2.33. The molecule has 1 fully saturated rings. The van der Waals surface area contributed by atoms with Crippen molar-refractivity contribution in [2.45, 2.75) is 84.9 Å². The summed E-state index contributed by atoms with van der Waals surface area (Å²) in [5.41, 5.74) is 1.93. The molecule has 0 aliphatic heterocycles. The molecule has 0 radical (unpaired) electrons. The van der Waals surface area contributed by atoms with Gasteiger partial charge in [0.25, 0.3) is 0 Å². The summed E-state index contributed by atoms with van der Waals surface area (Å²) in [6.45, 7) is 10.9. The number of nitrogens with one attached hydrogen (secondary N) is 2. The van der Waals surface area contributed by atoms with Gasteiger partial charge in [-0.1, -0.05) is 29.3 Å². The average molecular weight is 490 g/mol. The molecule has 0 spiro atoms. The molecule has 3 amide bonds. The van der Waals surface area contributed by atoms with Gasteiger partial charge < -0.3 is 25.0 Å². The Kier molecular flexibility index (Phi) is 10.1. The number of rotatable bonds is 10. The first-order valence-electron chi connectivity index (χ1n) is 12.2. The van der Waals surface area contributed by atoms with Gasteiger partial charge in [-0.3, -0.25) is 14.4 Å². The van der Waals surface area contributed by atoms with Crippen molar-refractivity contribution in [1.82, 2.24) is 15.5 Å². The van der Waals surface area contributed by atoms with Crippen molar-refractivity contribution >= 4 is 23.9 Å². The first-order chi connectivity index (χ1) is 16.4. The van der Waals surface area contributed by atoms with Crippen LogP contribution < -0.4 is 10.6 Å². The molecule has 1 saturated carbocycles. The predicted molar refractivity (Wildman–Crippen MR) is 132 cm³/mol. The molecule has 1 aliphatic rings. The molecule has 0 saturated heterocycles. The topological polar surface area (TPSA) is 114 Å². The molecular weight excluding hydrogens is 450 g/mol. The fraction of sp³-hybridized carbons (Fsp3) is 0.615. The number of amides is 3. The maximum absolute atomic E-state index is 13.5. The number of ether oxygens (including phenoxy) is 2. The van der Waals surface area contributed by atoms with E-state index in [1.165, 1.54) is 0 Å². The molecule has 2 rings (SSSR count). The number of nitrogens with zero attached hydrogens (tertiary/aromatic N) is 1. The molecule has 9 heteroatoms. The van der Waals surface area contributed by atoms with Gasteiger partial charge in [0.15, 0.2) is 0 Å². The Balaban J connectivity index is 2.28. The van der Waals surface area contributed by atoms with E-state index in [0.29, 0.717) is 5.56 Å². The molecular formula is C26H39N3O6. The molecule has 1 aromatic rings. The Bertz CT molecular complexity index is 900. The van der Waals surface area contributed by atoms with Crippen LogP contribution in [0.5, 0.6) is 0 Å². The Labute approximate surface area is 207 Å². The number of hydrogen-bond acceptors (Lipinski definition) is 6. The molecule has 9 nitrogen and oxygen atoms in total. The van der Waals surface area contributed by atoms with Gasteiger partial charge in [0.1, 0.15) is 18.2 Å². The van der Waals surface area contributed by atoms with Crippen molar-refractivity contribution in [3.63, 3.8) is 0 Å². The van der Waals surface area contributed by atoms with Gasteiger partial charge in [0.05, 0.1) is 13.0 Å². The SMILES string of the molecule is CCOC(=O)CCNC(=O)C(c1cc(C)cc(C)c1)N(C(=O)CNC(=O)OC(C)(C)C)C1CCC1. The lowest BCUT2D eigenvalue weighted by Crippen LogP contribution is -2.54. The zero-order valence-corrected chi connectivity index (χ0v) is 21.7. The maximum Gasteiger partial charge on any atom is 0.408 e. The van der Waals surface area contributed by atoms with E-state index in [4.69, 9.17) is 9.47 Å². The number of carbonyl (C=O) groups excluding carboxylic acids is 4. The van der Waals surface area contributed by atoms with Crippen LogP contribution in [0.15, 0.2) is 18.2 Å². The normalized spacial score (nSPS) is 14.3. The second-order valence-electron chi connectivity index (χ2n) is 9.91. The van der Waals surface area contributed by atoms with Gasteiger partial charge in [-0.25, -0.2) is 4.79 Å². The van der Waals surface area contributed by atoms with Crippen LogP contribution in [0.25, 0.3) is 0 Å². The highest BCUT2D eigenvalue weighted by molar-refractivity contribution is 5.91. The average Bonchev–Trinajstić information content (AvgIpc) is 2.68. The van der Waals surface area contributed by atoms with Gasteiger partial charge in [-0.05, 0) is 66.4 Å². The zero-order valence-electron chi connectivity index (χ0n) is 21.7. The minimum atomic E-state index is -0.894. The van der Waals surface area contributed by atoms with Crippen molar-refractivity contribution in [2.75, 3.05) is 19.7 Å². The Morgan fingerprint density at radius 1 is 1.06 bits per heavy atom. The van der Waals surface area contributed by atoms with Gasteiger partial charge in [0.2, 0.25) is 11.8 Å². The zero-order chi connectivity index (χ0) is 26.2. The van der Waals surface area contributed by atoms with Gasteiger partial charge in [-0.2, -0.15) is 0 Å². The van der Waals surface area contributed by atoms with E-state index in [2.05, 4.69) is 10.6 Å². The van der Waals surface area contributed by atoms with Crippen LogP contribution in [-0.4, -0.2) is 60.1 Å². The van der Waals surface area contributed by atoms with E-state index < -0.39 is 23.7 Å². The largest absolute Gasteiger partial charge is 0.466 e.